The number of ketones is 1. The molecule has 7 heteroatoms. The zero-order valence-corrected chi connectivity index (χ0v) is 11.6. The molecule has 0 radical (unpaired) electrons. The summed E-state index contributed by atoms with van der Waals surface area (Å²) in [6.07, 6.45) is 2.30. The van der Waals surface area contributed by atoms with Gasteiger partial charge >= 0.3 is 0 Å². The molecule has 0 aliphatic carbocycles. The van der Waals surface area contributed by atoms with Gasteiger partial charge in [0.05, 0.1) is 15.7 Å². The molecule has 17 heavy (non-hydrogen) atoms. The smallest absolute Gasteiger partial charge is 0.231 e. The van der Waals surface area contributed by atoms with Crippen molar-refractivity contribution in [1.29, 1.82) is 0 Å². The van der Waals surface area contributed by atoms with Crippen LogP contribution in [0.4, 0.5) is 0 Å². The average molecular weight is 315 g/mol. The van der Waals surface area contributed by atoms with Crippen LogP contribution < -0.4 is 5.73 Å². The van der Waals surface area contributed by atoms with Gasteiger partial charge in [-0.05, 0) is 22.5 Å². The standard InChI is InChI=1S/C10H11BrN4OS/c1-15-9(6(11)4-13-15)10(16)7-5-17-8(14-7)2-3-12/h4-5H,2-3,12H2,1H3. The van der Waals surface area contributed by atoms with Gasteiger partial charge in [0.25, 0.3) is 0 Å². The van der Waals surface area contributed by atoms with Crippen LogP contribution in [0.2, 0.25) is 0 Å². The Morgan fingerprint density at radius 1 is 1.65 bits per heavy atom. The molecule has 0 aromatic carbocycles. The van der Waals surface area contributed by atoms with E-state index in [1.54, 1.807) is 18.6 Å². The van der Waals surface area contributed by atoms with Gasteiger partial charge in [-0.25, -0.2) is 4.98 Å². The maximum absolute atomic E-state index is 12.2. The monoisotopic (exact) mass is 314 g/mol. The SMILES string of the molecule is Cn1ncc(Br)c1C(=O)c1csc(CCN)n1. The number of thiazole rings is 1. The highest BCUT2D eigenvalue weighted by Crippen LogP contribution is 2.20. The highest BCUT2D eigenvalue weighted by Gasteiger charge is 2.19. The predicted octanol–water partition coefficient (Wildman–Crippen LogP) is 1.37. The first kappa shape index (κ1) is 12.4. The fourth-order valence-corrected chi connectivity index (χ4v) is 2.76. The number of nitrogens with two attached hydrogens (primary N) is 1. The Morgan fingerprint density at radius 3 is 3.00 bits per heavy atom. The van der Waals surface area contributed by atoms with Gasteiger partial charge in [-0.2, -0.15) is 5.10 Å². The highest BCUT2D eigenvalue weighted by atomic mass is 79.9. The van der Waals surface area contributed by atoms with Gasteiger partial charge in [0.1, 0.15) is 11.4 Å². The van der Waals surface area contributed by atoms with E-state index in [2.05, 4.69) is 26.0 Å². The number of halogens is 1. The van der Waals surface area contributed by atoms with E-state index in [9.17, 15) is 4.79 Å². The maximum atomic E-state index is 12.2. The Kier molecular flexibility index (Phi) is 3.70. The van der Waals surface area contributed by atoms with E-state index in [4.69, 9.17) is 5.73 Å². The number of carbonyl (C=O) groups excluding carboxylic acids is 1. The van der Waals surface area contributed by atoms with Crippen LogP contribution in [0.25, 0.3) is 0 Å². The number of hydrogen-bond donors (Lipinski definition) is 1. The largest absolute Gasteiger partial charge is 0.330 e. The minimum absolute atomic E-state index is 0.128. The first-order valence-corrected chi connectivity index (χ1v) is 6.67. The summed E-state index contributed by atoms with van der Waals surface area (Å²) in [5, 5.41) is 6.65. The summed E-state index contributed by atoms with van der Waals surface area (Å²) in [6, 6.07) is 0. The van der Waals surface area contributed by atoms with Gasteiger partial charge in [0.2, 0.25) is 5.78 Å². The van der Waals surface area contributed by atoms with Gasteiger partial charge < -0.3 is 5.73 Å². The van der Waals surface area contributed by atoms with Crippen LogP contribution in [0, 0.1) is 0 Å². The van der Waals surface area contributed by atoms with Crippen LogP contribution in [-0.2, 0) is 13.5 Å². The predicted molar refractivity (Wildman–Crippen MR) is 69.2 cm³/mol. The van der Waals surface area contributed by atoms with Crippen LogP contribution in [0.15, 0.2) is 16.0 Å². The van der Waals surface area contributed by atoms with Crippen molar-refractivity contribution in [2.45, 2.75) is 6.42 Å². The number of aromatic nitrogens is 3. The van der Waals surface area contributed by atoms with Crippen molar-refractivity contribution in [3.8, 4) is 0 Å². The van der Waals surface area contributed by atoms with E-state index in [1.165, 1.54) is 16.0 Å². The summed E-state index contributed by atoms with van der Waals surface area (Å²) in [5.41, 5.74) is 6.40. The minimum atomic E-state index is -0.128. The molecule has 0 saturated heterocycles. The van der Waals surface area contributed by atoms with Gasteiger partial charge in [-0.15, -0.1) is 11.3 Å². The molecule has 0 unspecified atom stereocenters. The number of aryl methyl sites for hydroxylation is 1. The molecule has 0 amide bonds. The number of carbonyl (C=O) groups is 1. The zero-order valence-electron chi connectivity index (χ0n) is 9.18. The van der Waals surface area contributed by atoms with E-state index < -0.39 is 0 Å². The molecule has 5 nitrogen and oxygen atoms in total. The number of hydrogen-bond acceptors (Lipinski definition) is 5. The third-order valence-corrected chi connectivity index (χ3v) is 3.74. The van der Waals surface area contributed by atoms with Crippen molar-refractivity contribution in [3.63, 3.8) is 0 Å². The van der Waals surface area contributed by atoms with E-state index in [0.717, 1.165) is 5.01 Å². The van der Waals surface area contributed by atoms with Crippen LogP contribution in [0.3, 0.4) is 0 Å². The summed E-state index contributed by atoms with van der Waals surface area (Å²) in [7, 11) is 1.73. The molecule has 0 spiro atoms. The second-order valence-electron chi connectivity index (χ2n) is 3.46. The van der Waals surface area contributed by atoms with Crippen molar-refractivity contribution in [2.24, 2.45) is 12.8 Å². The number of rotatable bonds is 4. The van der Waals surface area contributed by atoms with Crippen LogP contribution in [0.1, 0.15) is 21.2 Å². The van der Waals surface area contributed by atoms with E-state index in [0.29, 0.717) is 28.8 Å². The van der Waals surface area contributed by atoms with Crippen LogP contribution in [0.5, 0.6) is 0 Å². The Morgan fingerprint density at radius 2 is 2.41 bits per heavy atom. The highest BCUT2D eigenvalue weighted by molar-refractivity contribution is 9.10. The lowest BCUT2D eigenvalue weighted by molar-refractivity contribution is 0.102. The normalized spacial score (nSPS) is 10.8. The molecule has 2 heterocycles. The summed E-state index contributed by atoms with van der Waals surface area (Å²) < 4.78 is 2.22. The van der Waals surface area contributed by atoms with E-state index in [-0.39, 0.29) is 5.78 Å². The van der Waals surface area contributed by atoms with Crippen molar-refractivity contribution in [3.05, 3.63) is 32.4 Å². The van der Waals surface area contributed by atoms with Gasteiger partial charge in [0.15, 0.2) is 0 Å². The van der Waals surface area contributed by atoms with E-state index in [1.807, 2.05) is 0 Å². The van der Waals surface area contributed by atoms with Crippen LogP contribution in [-0.4, -0.2) is 27.1 Å². The molecule has 0 atom stereocenters. The lowest BCUT2D eigenvalue weighted by Crippen LogP contribution is -2.10. The zero-order chi connectivity index (χ0) is 12.4. The van der Waals surface area contributed by atoms with Gasteiger partial charge in [0, 0.05) is 18.8 Å². The Hall–Kier alpha value is -1.05. The first-order chi connectivity index (χ1) is 8.13. The summed E-state index contributed by atoms with van der Waals surface area (Å²) >= 11 is 4.76. The fourth-order valence-electron chi connectivity index (χ4n) is 1.44. The van der Waals surface area contributed by atoms with Crippen molar-refractivity contribution >= 4 is 33.0 Å². The molecule has 2 rings (SSSR count). The molecule has 0 saturated carbocycles. The first-order valence-electron chi connectivity index (χ1n) is 5.00. The van der Waals surface area contributed by atoms with Crippen molar-refractivity contribution in [1.82, 2.24) is 14.8 Å². The fraction of sp³-hybridized carbons (Fsp3) is 0.300. The van der Waals surface area contributed by atoms with Crippen molar-refractivity contribution in [2.75, 3.05) is 6.54 Å². The summed E-state index contributed by atoms with van der Waals surface area (Å²) in [6.45, 7) is 0.538. The maximum Gasteiger partial charge on any atom is 0.231 e. The molecular formula is C10H11BrN4OS. The number of nitrogens with zero attached hydrogens (tertiary/aromatic N) is 3. The summed E-state index contributed by atoms with van der Waals surface area (Å²) in [4.78, 5) is 16.5. The Labute approximate surface area is 111 Å². The molecule has 0 aliphatic heterocycles. The molecule has 90 valence electrons. The molecular weight excluding hydrogens is 304 g/mol. The van der Waals surface area contributed by atoms with E-state index >= 15 is 0 Å². The van der Waals surface area contributed by atoms with Gasteiger partial charge in [-0.3, -0.25) is 9.48 Å². The molecule has 0 bridgehead atoms. The van der Waals surface area contributed by atoms with Crippen LogP contribution >= 0.6 is 27.3 Å². The minimum Gasteiger partial charge on any atom is -0.330 e. The second kappa shape index (κ2) is 5.07. The van der Waals surface area contributed by atoms with Gasteiger partial charge in [-0.1, -0.05) is 0 Å². The summed E-state index contributed by atoms with van der Waals surface area (Å²) in [5.74, 6) is -0.128. The third-order valence-electron chi connectivity index (χ3n) is 2.25. The molecule has 0 aliphatic rings. The average Bonchev–Trinajstić information content (AvgIpc) is 2.87. The molecule has 2 aromatic rings. The lowest BCUT2D eigenvalue weighted by Gasteiger charge is -1.99. The molecule has 2 aromatic heterocycles. The molecule has 0 fully saturated rings. The Balaban J connectivity index is 2.31. The molecule has 2 N–H and O–H groups in total. The lowest BCUT2D eigenvalue weighted by atomic mass is 10.2. The topological polar surface area (TPSA) is 73.8 Å². The second-order valence-corrected chi connectivity index (χ2v) is 5.26. The Bertz CT molecular complexity index is 529. The quantitative estimate of drug-likeness (QED) is 0.865. The third kappa shape index (κ3) is 2.46. The van der Waals surface area contributed by atoms with Crippen molar-refractivity contribution < 1.29 is 4.79 Å².